The zero-order valence-corrected chi connectivity index (χ0v) is 9.11. The average molecular weight is 240 g/mol. The van der Waals surface area contributed by atoms with Gasteiger partial charge in [0, 0.05) is 11.4 Å². The standard InChI is InChI=1S/C11H10ClNO3/c12-9-6-8(10(14)11(15)16)4-3-7(9)2-1-5-13/h3-4,6,10,14H,1-2H2,(H,15,16). The number of nitriles is 1. The van der Waals surface area contributed by atoms with Gasteiger partial charge < -0.3 is 10.2 Å². The molecule has 0 aliphatic heterocycles. The Balaban J connectivity index is 2.91. The molecule has 4 nitrogen and oxygen atoms in total. The maximum atomic E-state index is 10.5. The zero-order chi connectivity index (χ0) is 12.1. The molecule has 0 bridgehead atoms. The van der Waals surface area contributed by atoms with Crippen LogP contribution in [0.3, 0.4) is 0 Å². The number of rotatable bonds is 4. The maximum absolute atomic E-state index is 10.5. The summed E-state index contributed by atoms with van der Waals surface area (Å²) in [6.45, 7) is 0. The number of nitrogens with zero attached hydrogens (tertiary/aromatic N) is 1. The summed E-state index contributed by atoms with van der Waals surface area (Å²) in [6.07, 6.45) is -0.707. The first kappa shape index (κ1) is 12.5. The molecule has 1 unspecified atom stereocenters. The molecule has 0 spiro atoms. The minimum Gasteiger partial charge on any atom is -0.479 e. The quantitative estimate of drug-likeness (QED) is 0.841. The normalized spacial score (nSPS) is 11.8. The Labute approximate surface area is 97.7 Å². The van der Waals surface area contributed by atoms with Crippen LogP contribution in [0.1, 0.15) is 23.7 Å². The molecular weight excluding hydrogens is 230 g/mol. The molecule has 2 N–H and O–H groups in total. The number of carboxylic acid groups (broad SMARTS) is 1. The Morgan fingerprint density at radius 3 is 2.75 bits per heavy atom. The van der Waals surface area contributed by atoms with Crippen LogP contribution in [0.15, 0.2) is 18.2 Å². The molecule has 1 rings (SSSR count). The van der Waals surface area contributed by atoms with Crippen molar-refractivity contribution in [2.45, 2.75) is 18.9 Å². The molecule has 0 heterocycles. The van der Waals surface area contributed by atoms with E-state index in [1.54, 1.807) is 6.07 Å². The topological polar surface area (TPSA) is 81.3 Å². The molecule has 0 aliphatic carbocycles. The third-order valence-corrected chi connectivity index (χ3v) is 2.48. The molecule has 0 aliphatic rings. The van der Waals surface area contributed by atoms with E-state index in [0.29, 0.717) is 17.9 Å². The minimum absolute atomic E-state index is 0.234. The zero-order valence-electron chi connectivity index (χ0n) is 8.35. The molecule has 16 heavy (non-hydrogen) atoms. The Kier molecular flexibility index (Phi) is 4.29. The number of aryl methyl sites for hydroxylation is 1. The molecule has 0 fully saturated rings. The number of aliphatic hydroxyl groups is 1. The van der Waals surface area contributed by atoms with Crippen molar-refractivity contribution in [1.82, 2.24) is 0 Å². The summed E-state index contributed by atoms with van der Waals surface area (Å²) < 4.78 is 0. The van der Waals surface area contributed by atoms with Gasteiger partial charge in [-0.15, -0.1) is 0 Å². The number of carboxylic acids is 1. The molecule has 84 valence electrons. The predicted molar refractivity (Wildman–Crippen MR) is 58.0 cm³/mol. The van der Waals surface area contributed by atoms with Crippen LogP contribution in [-0.2, 0) is 11.2 Å². The summed E-state index contributed by atoms with van der Waals surface area (Å²) >= 11 is 5.90. The summed E-state index contributed by atoms with van der Waals surface area (Å²) in [5, 5.41) is 26.7. The van der Waals surface area contributed by atoms with Crippen molar-refractivity contribution in [1.29, 1.82) is 5.26 Å². The lowest BCUT2D eigenvalue weighted by molar-refractivity contribution is -0.146. The highest BCUT2D eigenvalue weighted by atomic mass is 35.5. The van der Waals surface area contributed by atoms with Crippen molar-refractivity contribution in [3.8, 4) is 6.07 Å². The van der Waals surface area contributed by atoms with E-state index in [0.717, 1.165) is 5.56 Å². The lowest BCUT2D eigenvalue weighted by Gasteiger charge is -2.08. The van der Waals surface area contributed by atoms with Gasteiger partial charge in [-0.25, -0.2) is 4.79 Å². The maximum Gasteiger partial charge on any atom is 0.337 e. The first-order valence-corrected chi connectivity index (χ1v) is 5.00. The molecule has 0 amide bonds. The van der Waals surface area contributed by atoms with Gasteiger partial charge >= 0.3 is 5.97 Å². The first-order valence-electron chi connectivity index (χ1n) is 4.62. The van der Waals surface area contributed by atoms with Crippen molar-refractivity contribution < 1.29 is 15.0 Å². The van der Waals surface area contributed by atoms with Gasteiger partial charge in [0.15, 0.2) is 6.10 Å². The minimum atomic E-state index is -1.57. The second-order valence-electron chi connectivity index (χ2n) is 3.25. The molecule has 5 heteroatoms. The van der Waals surface area contributed by atoms with E-state index >= 15 is 0 Å². The molecule has 1 aromatic carbocycles. The molecular formula is C11H10ClNO3. The highest BCUT2D eigenvalue weighted by Gasteiger charge is 2.16. The van der Waals surface area contributed by atoms with E-state index in [1.165, 1.54) is 12.1 Å². The van der Waals surface area contributed by atoms with Crippen molar-refractivity contribution in [3.05, 3.63) is 34.3 Å². The highest BCUT2D eigenvalue weighted by Crippen LogP contribution is 2.23. The Morgan fingerprint density at radius 1 is 1.56 bits per heavy atom. The van der Waals surface area contributed by atoms with E-state index in [4.69, 9.17) is 22.0 Å². The van der Waals surface area contributed by atoms with E-state index in [1.807, 2.05) is 6.07 Å². The fourth-order valence-corrected chi connectivity index (χ4v) is 1.55. The van der Waals surface area contributed by atoms with Gasteiger partial charge in [0.25, 0.3) is 0 Å². The Hall–Kier alpha value is -1.57. The van der Waals surface area contributed by atoms with E-state index in [9.17, 15) is 9.90 Å². The van der Waals surface area contributed by atoms with Crippen LogP contribution in [0.25, 0.3) is 0 Å². The van der Waals surface area contributed by atoms with E-state index in [-0.39, 0.29) is 5.56 Å². The second-order valence-corrected chi connectivity index (χ2v) is 3.66. The van der Waals surface area contributed by atoms with Gasteiger partial charge in [-0.3, -0.25) is 0 Å². The SMILES string of the molecule is N#CCCc1ccc(C(O)C(=O)O)cc1Cl. The number of benzene rings is 1. The number of carbonyl (C=O) groups is 1. The Morgan fingerprint density at radius 2 is 2.25 bits per heavy atom. The summed E-state index contributed by atoms with van der Waals surface area (Å²) in [4.78, 5) is 10.5. The molecule has 0 saturated carbocycles. The van der Waals surface area contributed by atoms with Crippen LogP contribution >= 0.6 is 11.6 Å². The molecule has 0 aromatic heterocycles. The second kappa shape index (κ2) is 5.50. The summed E-state index contributed by atoms with van der Waals surface area (Å²) in [5.41, 5.74) is 1.00. The fraction of sp³-hybridized carbons (Fsp3) is 0.273. The van der Waals surface area contributed by atoms with Crippen LogP contribution in [0.5, 0.6) is 0 Å². The molecule has 1 aromatic rings. The van der Waals surface area contributed by atoms with Crippen LogP contribution in [0.4, 0.5) is 0 Å². The van der Waals surface area contributed by atoms with Gasteiger partial charge in [0.1, 0.15) is 0 Å². The van der Waals surface area contributed by atoms with Gasteiger partial charge in [-0.1, -0.05) is 23.7 Å². The molecule has 0 saturated heterocycles. The average Bonchev–Trinajstić information content (AvgIpc) is 2.26. The van der Waals surface area contributed by atoms with Gasteiger partial charge in [-0.2, -0.15) is 5.26 Å². The lowest BCUT2D eigenvalue weighted by Crippen LogP contribution is -2.10. The summed E-state index contributed by atoms with van der Waals surface area (Å²) in [7, 11) is 0. The number of aliphatic hydroxyl groups excluding tert-OH is 1. The summed E-state index contributed by atoms with van der Waals surface area (Å²) in [5.74, 6) is -1.32. The van der Waals surface area contributed by atoms with Crippen LogP contribution < -0.4 is 0 Å². The molecule has 1 atom stereocenters. The van der Waals surface area contributed by atoms with Crippen molar-refractivity contribution in [2.75, 3.05) is 0 Å². The third-order valence-electron chi connectivity index (χ3n) is 2.13. The lowest BCUT2D eigenvalue weighted by atomic mass is 10.0. The number of hydrogen-bond acceptors (Lipinski definition) is 3. The monoisotopic (exact) mass is 239 g/mol. The number of hydrogen-bond donors (Lipinski definition) is 2. The van der Waals surface area contributed by atoms with E-state index in [2.05, 4.69) is 0 Å². The summed E-state index contributed by atoms with van der Waals surface area (Å²) in [6, 6.07) is 6.53. The smallest absolute Gasteiger partial charge is 0.337 e. The van der Waals surface area contributed by atoms with Crippen LogP contribution in [0, 0.1) is 11.3 Å². The van der Waals surface area contributed by atoms with Crippen molar-refractivity contribution in [3.63, 3.8) is 0 Å². The van der Waals surface area contributed by atoms with E-state index < -0.39 is 12.1 Å². The van der Waals surface area contributed by atoms with Gasteiger partial charge in [-0.05, 0) is 23.6 Å². The van der Waals surface area contributed by atoms with Gasteiger partial charge in [0.05, 0.1) is 6.07 Å². The molecule has 0 radical (unpaired) electrons. The predicted octanol–water partition coefficient (Wildman–Crippen LogP) is 1.91. The number of halogens is 1. The fourth-order valence-electron chi connectivity index (χ4n) is 1.27. The largest absolute Gasteiger partial charge is 0.479 e. The van der Waals surface area contributed by atoms with Crippen LogP contribution in [-0.4, -0.2) is 16.2 Å². The highest BCUT2D eigenvalue weighted by molar-refractivity contribution is 6.31. The number of aliphatic carboxylic acids is 1. The van der Waals surface area contributed by atoms with Crippen LogP contribution in [0.2, 0.25) is 5.02 Å². The van der Waals surface area contributed by atoms with Crippen molar-refractivity contribution >= 4 is 17.6 Å². The van der Waals surface area contributed by atoms with Crippen molar-refractivity contribution in [2.24, 2.45) is 0 Å². The first-order chi connectivity index (χ1) is 7.56. The Bertz CT molecular complexity index is 439. The third kappa shape index (κ3) is 2.96. The van der Waals surface area contributed by atoms with Gasteiger partial charge in [0.2, 0.25) is 0 Å².